The minimum Gasteiger partial charge on any atom is -0.497 e. The Kier molecular flexibility index (Phi) is 4.69. The van der Waals surface area contributed by atoms with Crippen molar-refractivity contribution in [2.24, 2.45) is 0 Å². The number of rotatable bonds is 5. The summed E-state index contributed by atoms with van der Waals surface area (Å²) in [6, 6.07) is 10.2. The van der Waals surface area contributed by atoms with Gasteiger partial charge in [0.25, 0.3) is 0 Å². The second-order valence-electron chi connectivity index (χ2n) is 4.20. The number of hydrogen-bond donors (Lipinski definition) is 1. The van der Waals surface area contributed by atoms with Gasteiger partial charge in [-0.05, 0) is 17.7 Å². The van der Waals surface area contributed by atoms with Crippen molar-refractivity contribution >= 4 is 17.3 Å². The summed E-state index contributed by atoms with van der Waals surface area (Å²) >= 11 is 5.65. The number of hydrogen-bond acceptors (Lipinski definition) is 3. The number of ether oxygens (including phenoxy) is 2. The fraction of sp³-hybridized carbons (Fsp3) is 0.200. The molecule has 0 radical (unpaired) electrons. The summed E-state index contributed by atoms with van der Waals surface area (Å²) in [6.07, 6.45) is 0. The molecule has 0 amide bonds. The van der Waals surface area contributed by atoms with E-state index < -0.39 is 5.82 Å². The molecule has 0 aromatic heterocycles. The van der Waals surface area contributed by atoms with E-state index >= 15 is 0 Å². The highest BCUT2D eigenvalue weighted by atomic mass is 35.5. The molecule has 106 valence electrons. The SMILES string of the molecule is COc1cc(NCc2ccc(Cl)c(F)c2)cc(OC)c1. The van der Waals surface area contributed by atoms with E-state index in [4.69, 9.17) is 21.1 Å². The van der Waals surface area contributed by atoms with Crippen LogP contribution in [0.15, 0.2) is 36.4 Å². The standard InChI is InChI=1S/C15H15ClFNO2/c1-19-12-6-11(7-13(8-12)20-2)18-9-10-3-4-14(16)15(17)5-10/h3-8,18H,9H2,1-2H3. The summed E-state index contributed by atoms with van der Waals surface area (Å²) in [5.41, 5.74) is 1.63. The van der Waals surface area contributed by atoms with E-state index in [2.05, 4.69) is 5.32 Å². The largest absolute Gasteiger partial charge is 0.497 e. The van der Waals surface area contributed by atoms with Crippen molar-refractivity contribution in [1.29, 1.82) is 0 Å². The molecule has 0 atom stereocenters. The van der Waals surface area contributed by atoms with Gasteiger partial charge in [0.1, 0.15) is 17.3 Å². The molecular weight excluding hydrogens is 281 g/mol. The maximum Gasteiger partial charge on any atom is 0.142 e. The Hall–Kier alpha value is -1.94. The normalized spacial score (nSPS) is 10.2. The molecule has 0 saturated carbocycles. The Labute approximate surface area is 122 Å². The van der Waals surface area contributed by atoms with Gasteiger partial charge in [0, 0.05) is 30.4 Å². The predicted octanol–water partition coefficient (Wildman–Crippen LogP) is 4.11. The molecule has 3 nitrogen and oxygen atoms in total. The lowest BCUT2D eigenvalue weighted by Crippen LogP contribution is -2.00. The first-order valence-electron chi connectivity index (χ1n) is 6.03. The molecule has 0 unspecified atom stereocenters. The van der Waals surface area contributed by atoms with Crippen molar-refractivity contribution in [3.63, 3.8) is 0 Å². The summed E-state index contributed by atoms with van der Waals surface area (Å²) in [5.74, 6) is 0.956. The zero-order valence-electron chi connectivity index (χ0n) is 11.2. The predicted molar refractivity (Wildman–Crippen MR) is 78.3 cm³/mol. The molecule has 1 N–H and O–H groups in total. The van der Waals surface area contributed by atoms with E-state index in [0.717, 1.165) is 11.3 Å². The van der Waals surface area contributed by atoms with Gasteiger partial charge in [-0.1, -0.05) is 17.7 Å². The van der Waals surface area contributed by atoms with Crippen LogP contribution in [0, 0.1) is 5.82 Å². The third-order valence-electron chi connectivity index (χ3n) is 2.83. The first kappa shape index (κ1) is 14.5. The molecule has 0 fully saturated rings. The summed E-state index contributed by atoms with van der Waals surface area (Å²) in [5, 5.41) is 3.31. The molecule has 5 heteroatoms. The van der Waals surface area contributed by atoms with Gasteiger partial charge in [-0.25, -0.2) is 4.39 Å². The van der Waals surface area contributed by atoms with Gasteiger partial charge >= 0.3 is 0 Å². The highest BCUT2D eigenvalue weighted by Crippen LogP contribution is 2.26. The van der Waals surface area contributed by atoms with Crippen LogP contribution in [-0.2, 0) is 6.54 Å². The lowest BCUT2D eigenvalue weighted by molar-refractivity contribution is 0.394. The zero-order valence-corrected chi connectivity index (χ0v) is 12.0. The van der Waals surface area contributed by atoms with Crippen LogP contribution < -0.4 is 14.8 Å². The van der Waals surface area contributed by atoms with Crippen molar-refractivity contribution in [1.82, 2.24) is 0 Å². The molecule has 0 aliphatic carbocycles. The highest BCUT2D eigenvalue weighted by molar-refractivity contribution is 6.30. The number of nitrogens with one attached hydrogen (secondary N) is 1. The van der Waals surface area contributed by atoms with Gasteiger partial charge < -0.3 is 14.8 Å². The van der Waals surface area contributed by atoms with E-state index in [9.17, 15) is 4.39 Å². The van der Waals surface area contributed by atoms with Gasteiger partial charge in [0.15, 0.2) is 0 Å². The molecule has 0 bridgehead atoms. The van der Waals surface area contributed by atoms with Crippen LogP contribution in [0.25, 0.3) is 0 Å². The number of methoxy groups -OCH3 is 2. The molecule has 2 aromatic rings. The summed E-state index contributed by atoms with van der Waals surface area (Å²) in [6.45, 7) is 0.477. The van der Waals surface area contributed by atoms with E-state index in [1.165, 1.54) is 6.07 Å². The summed E-state index contributed by atoms with van der Waals surface area (Å²) in [7, 11) is 3.18. The Balaban J connectivity index is 2.11. The maximum atomic E-state index is 13.3. The van der Waals surface area contributed by atoms with Crippen LogP contribution in [0.5, 0.6) is 11.5 Å². The van der Waals surface area contributed by atoms with E-state index in [1.54, 1.807) is 32.4 Å². The number of anilines is 1. The molecule has 20 heavy (non-hydrogen) atoms. The summed E-state index contributed by atoms with van der Waals surface area (Å²) in [4.78, 5) is 0. The zero-order chi connectivity index (χ0) is 14.5. The van der Waals surface area contributed by atoms with Gasteiger partial charge in [-0.15, -0.1) is 0 Å². The Morgan fingerprint density at radius 3 is 2.25 bits per heavy atom. The second-order valence-corrected chi connectivity index (χ2v) is 4.61. The lowest BCUT2D eigenvalue weighted by atomic mass is 10.2. The van der Waals surface area contributed by atoms with Gasteiger partial charge in [0.2, 0.25) is 0 Å². The molecule has 0 aliphatic heterocycles. The third-order valence-corrected chi connectivity index (χ3v) is 3.14. The maximum absolute atomic E-state index is 13.3. The fourth-order valence-electron chi connectivity index (χ4n) is 1.76. The van der Waals surface area contributed by atoms with Crippen molar-refractivity contribution in [2.45, 2.75) is 6.54 Å². The van der Waals surface area contributed by atoms with Crippen molar-refractivity contribution in [3.05, 3.63) is 52.8 Å². The minimum absolute atomic E-state index is 0.122. The number of benzene rings is 2. The third kappa shape index (κ3) is 3.54. The van der Waals surface area contributed by atoms with E-state index in [1.807, 2.05) is 12.1 Å². The van der Waals surface area contributed by atoms with Crippen molar-refractivity contribution in [2.75, 3.05) is 19.5 Å². The molecule has 2 rings (SSSR count). The van der Waals surface area contributed by atoms with Crippen LogP contribution >= 0.6 is 11.6 Å². The van der Waals surface area contributed by atoms with Crippen LogP contribution in [-0.4, -0.2) is 14.2 Å². The van der Waals surface area contributed by atoms with Gasteiger partial charge in [0.05, 0.1) is 19.2 Å². The van der Waals surface area contributed by atoms with E-state index in [-0.39, 0.29) is 5.02 Å². The van der Waals surface area contributed by atoms with Crippen LogP contribution in [0.4, 0.5) is 10.1 Å². The minimum atomic E-state index is -0.422. The average Bonchev–Trinajstić information content (AvgIpc) is 2.48. The monoisotopic (exact) mass is 295 g/mol. The van der Waals surface area contributed by atoms with Crippen LogP contribution in [0.1, 0.15) is 5.56 Å². The van der Waals surface area contributed by atoms with Crippen LogP contribution in [0.3, 0.4) is 0 Å². The van der Waals surface area contributed by atoms with Crippen LogP contribution in [0.2, 0.25) is 5.02 Å². The topological polar surface area (TPSA) is 30.5 Å². The lowest BCUT2D eigenvalue weighted by Gasteiger charge is -2.11. The molecule has 0 aliphatic rings. The highest BCUT2D eigenvalue weighted by Gasteiger charge is 2.04. The fourth-order valence-corrected chi connectivity index (χ4v) is 1.88. The van der Waals surface area contributed by atoms with E-state index in [0.29, 0.717) is 18.0 Å². The Morgan fingerprint density at radius 2 is 1.70 bits per heavy atom. The molecule has 2 aromatic carbocycles. The second kappa shape index (κ2) is 6.48. The van der Waals surface area contributed by atoms with Gasteiger partial charge in [-0.2, -0.15) is 0 Å². The van der Waals surface area contributed by atoms with Crippen molar-refractivity contribution in [3.8, 4) is 11.5 Å². The smallest absolute Gasteiger partial charge is 0.142 e. The Bertz CT molecular complexity index is 582. The quantitative estimate of drug-likeness (QED) is 0.900. The Morgan fingerprint density at radius 1 is 1.05 bits per heavy atom. The molecule has 0 heterocycles. The van der Waals surface area contributed by atoms with Gasteiger partial charge in [-0.3, -0.25) is 0 Å². The summed E-state index contributed by atoms with van der Waals surface area (Å²) < 4.78 is 23.7. The average molecular weight is 296 g/mol. The first-order valence-corrected chi connectivity index (χ1v) is 6.41. The molecule has 0 spiro atoms. The van der Waals surface area contributed by atoms with Crippen molar-refractivity contribution < 1.29 is 13.9 Å². The molecular formula is C15H15ClFNO2. The molecule has 0 saturated heterocycles. The first-order chi connectivity index (χ1) is 9.62. The number of halogens is 2.